The first kappa shape index (κ1) is 13.7. The van der Waals surface area contributed by atoms with Gasteiger partial charge in [-0.2, -0.15) is 5.10 Å². The molecule has 3 heterocycles. The summed E-state index contributed by atoms with van der Waals surface area (Å²) in [6.45, 7) is 3.45. The molecule has 0 bridgehead atoms. The predicted octanol–water partition coefficient (Wildman–Crippen LogP) is 0.688. The van der Waals surface area contributed by atoms with Gasteiger partial charge in [-0.25, -0.2) is 9.97 Å². The number of aryl methyl sites for hydroxylation is 2. The van der Waals surface area contributed by atoms with Crippen LogP contribution in [0.5, 0.6) is 0 Å². The minimum absolute atomic E-state index is 0.132. The van der Waals surface area contributed by atoms with Crippen LogP contribution in [-0.2, 0) is 31.1 Å². The van der Waals surface area contributed by atoms with E-state index in [1.807, 2.05) is 31.1 Å². The number of amides is 1. The fraction of sp³-hybridized carbons (Fsp3) is 0.467. The fourth-order valence-corrected chi connectivity index (χ4v) is 2.76. The van der Waals surface area contributed by atoms with Gasteiger partial charge in [-0.05, 0) is 25.0 Å². The van der Waals surface area contributed by atoms with Gasteiger partial charge in [-0.3, -0.25) is 9.48 Å². The molecule has 6 nitrogen and oxygen atoms in total. The molecule has 0 spiro atoms. The first-order valence-corrected chi connectivity index (χ1v) is 7.19. The Morgan fingerprint density at radius 2 is 2.10 bits per heavy atom. The van der Waals surface area contributed by atoms with Gasteiger partial charge in [0.05, 0.1) is 12.1 Å². The van der Waals surface area contributed by atoms with Crippen molar-refractivity contribution in [3.8, 4) is 0 Å². The zero-order valence-corrected chi connectivity index (χ0v) is 12.4. The number of fused-ring (bicyclic) bond motifs is 1. The van der Waals surface area contributed by atoms with Crippen molar-refractivity contribution in [3.05, 3.63) is 41.2 Å². The second-order valence-electron chi connectivity index (χ2n) is 5.42. The molecule has 0 fully saturated rings. The normalized spacial score (nSPS) is 14.7. The third-order valence-corrected chi connectivity index (χ3v) is 3.95. The van der Waals surface area contributed by atoms with Crippen LogP contribution in [0.4, 0.5) is 0 Å². The van der Waals surface area contributed by atoms with E-state index < -0.39 is 0 Å². The molecule has 2 aromatic rings. The molecular formula is C15H19N5O. The molecular weight excluding hydrogens is 266 g/mol. The van der Waals surface area contributed by atoms with Gasteiger partial charge in [-0.15, -0.1) is 0 Å². The standard InChI is InChI=1S/C15H19N5O/c1-11-13-4-7-20(8-5-14(13)17-10-16-11)15(21)9-12-3-6-19(2)18-12/h3,6,10H,4-5,7-9H2,1-2H3. The summed E-state index contributed by atoms with van der Waals surface area (Å²) in [6.07, 6.45) is 5.46. The van der Waals surface area contributed by atoms with Gasteiger partial charge in [0, 0.05) is 44.1 Å². The molecule has 0 saturated heterocycles. The van der Waals surface area contributed by atoms with E-state index in [-0.39, 0.29) is 5.91 Å². The van der Waals surface area contributed by atoms with Crippen LogP contribution in [0.3, 0.4) is 0 Å². The molecule has 0 N–H and O–H groups in total. The minimum atomic E-state index is 0.132. The topological polar surface area (TPSA) is 63.9 Å². The summed E-state index contributed by atoms with van der Waals surface area (Å²) in [6, 6.07) is 1.89. The van der Waals surface area contributed by atoms with Gasteiger partial charge < -0.3 is 4.90 Å². The molecule has 0 saturated carbocycles. The molecule has 0 aromatic carbocycles. The zero-order chi connectivity index (χ0) is 14.8. The Morgan fingerprint density at radius 1 is 1.29 bits per heavy atom. The van der Waals surface area contributed by atoms with E-state index in [2.05, 4.69) is 15.1 Å². The zero-order valence-electron chi connectivity index (χ0n) is 12.4. The van der Waals surface area contributed by atoms with E-state index in [4.69, 9.17) is 0 Å². The van der Waals surface area contributed by atoms with Gasteiger partial charge in [0.1, 0.15) is 6.33 Å². The number of aromatic nitrogens is 4. The number of nitrogens with zero attached hydrogens (tertiary/aromatic N) is 5. The van der Waals surface area contributed by atoms with Crippen LogP contribution in [-0.4, -0.2) is 43.6 Å². The lowest BCUT2D eigenvalue weighted by atomic mass is 10.1. The summed E-state index contributed by atoms with van der Waals surface area (Å²) in [7, 11) is 1.86. The number of carbonyl (C=O) groups excluding carboxylic acids is 1. The smallest absolute Gasteiger partial charge is 0.228 e. The molecule has 0 radical (unpaired) electrons. The Morgan fingerprint density at radius 3 is 2.86 bits per heavy atom. The van der Waals surface area contributed by atoms with Crippen molar-refractivity contribution in [1.29, 1.82) is 0 Å². The van der Waals surface area contributed by atoms with E-state index in [0.29, 0.717) is 6.42 Å². The molecule has 1 aliphatic heterocycles. The predicted molar refractivity (Wildman–Crippen MR) is 77.7 cm³/mol. The van der Waals surface area contributed by atoms with Crippen LogP contribution in [0.1, 0.15) is 22.6 Å². The van der Waals surface area contributed by atoms with Crippen LogP contribution in [0.15, 0.2) is 18.6 Å². The van der Waals surface area contributed by atoms with Crippen molar-refractivity contribution < 1.29 is 4.79 Å². The highest BCUT2D eigenvalue weighted by Gasteiger charge is 2.21. The number of hydrogen-bond donors (Lipinski definition) is 0. The van der Waals surface area contributed by atoms with Crippen molar-refractivity contribution in [2.24, 2.45) is 7.05 Å². The van der Waals surface area contributed by atoms with Crippen molar-refractivity contribution in [3.63, 3.8) is 0 Å². The second-order valence-corrected chi connectivity index (χ2v) is 5.42. The maximum atomic E-state index is 12.4. The second kappa shape index (κ2) is 5.63. The summed E-state index contributed by atoms with van der Waals surface area (Å²) in [4.78, 5) is 22.9. The Bertz CT molecular complexity index is 664. The fourth-order valence-electron chi connectivity index (χ4n) is 2.76. The first-order chi connectivity index (χ1) is 10.1. The summed E-state index contributed by atoms with van der Waals surface area (Å²) < 4.78 is 1.72. The summed E-state index contributed by atoms with van der Waals surface area (Å²) in [5.74, 6) is 0.132. The largest absolute Gasteiger partial charge is 0.342 e. The lowest BCUT2D eigenvalue weighted by molar-refractivity contribution is -0.130. The van der Waals surface area contributed by atoms with Gasteiger partial charge in [0.25, 0.3) is 0 Å². The Labute approximate surface area is 123 Å². The molecule has 6 heteroatoms. The molecule has 1 amide bonds. The average molecular weight is 285 g/mol. The van der Waals surface area contributed by atoms with E-state index in [9.17, 15) is 4.79 Å². The lowest BCUT2D eigenvalue weighted by Crippen LogP contribution is -2.34. The van der Waals surface area contributed by atoms with E-state index in [0.717, 1.165) is 43.0 Å². The Kier molecular flexibility index (Phi) is 3.68. The maximum Gasteiger partial charge on any atom is 0.228 e. The van der Waals surface area contributed by atoms with Gasteiger partial charge in [0.15, 0.2) is 0 Å². The van der Waals surface area contributed by atoms with Crippen LogP contribution >= 0.6 is 0 Å². The van der Waals surface area contributed by atoms with Crippen molar-refractivity contribution in [2.45, 2.75) is 26.2 Å². The molecule has 3 rings (SSSR count). The third-order valence-electron chi connectivity index (χ3n) is 3.95. The van der Waals surface area contributed by atoms with Crippen LogP contribution in [0, 0.1) is 6.92 Å². The maximum absolute atomic E-state index is 12.4. The molecule has 21 heavy (non-hydrogen) atoms. The summed E-state index contributed by atoms with van der Waals surface area (Å²) in [5.41, 5.74) is 4.13. The van der Waals surface area contributed by atoms with Gasteiger partial charge in [-0.1, -0.05) is 0 Å². The monoisotopic (exact) mass is 285 g/mol. The molecule has 0 unspecified atom stereocenters. The third kappa shape index (κ3) is 2.94. The van der Waals surface area contributed by atoms with E-state index in [1.165, 1.54) is 5.56 Å². The van der Waals surface area contributed by atoms with Crippen LogP contribution in [0.2, 0.25) is 0 Å². The van der Waals surface area contributed by atoms with Crippen molar-refractivity contribution in [1.82, 2.24) is 24.6 Å². The molecule has 110 valence electrons. The Hall–Kier alpha value is -2.24. The van der Waals surface area contributed by atoms with Gasteiger partial charge in [0.2, 0.25) is 5.91 Å². The highest BCUT2D eigenvalue weighted by Crippen LogP contribution is 2.16. The lowest BCUT2D eigenvalue weighted by Gasteiger charge is -2.19. The van der Waals surface area contributed by atoms with Crippen LogP contribution in [0.25, 0.3) is 0 Å². The average Bonchev–Trinajstić information content (AvgIpc) is 2.74. The Balaban J connectivity index is 1.69. The molecule has 2 aromatic heterocycles. The molecule has 1 aliphatic rings. The summed E-state index contributed by atoms with van der Waals surface area (Å²) in [5, 5.41) is 4.27. The van der Waals surface area contributed by atoms with Crippen LogP contribution < -0.4 is 0 Å². The van der Waals surface area contributed by atoms with Crippen molar-refractivity contribution in [2.75, 3.05) is 13.1 Å². The number of hydrogen-bond acceptors (Lipinski definition) is 4. The SMILES string of the molecule is Cc1ncnc2c1CCN(C(=O)Cc1ccn(C)n1)CC2. The summed E-state index contributed by atoms with van der Waals surface area (Å²) >= 11 is 0. The molecule has 0 aliphatic carbocycles. The highest BCUT2D eigenvalue weighted by molar-refractivity contribution is 5.78. The first-order valence-electron chi connectivity index (χ1n) is 7.19. The highest BCUT2D eigenvalue weighted by atomic mass is 16.2. The van der Waals surface area contributed by atoms with Crippen molar-refractivity contribution >= 4 is 5.91 Å². The number of rotatable bonds is 2. The molecule has 0 atom stereocenters. The van der Waals surface area contributed by atoms with E-state index >= 15 is 0 Å². The minimum Gasteiger partial charge on any atom is -0.342 e. The quantitative estimate of drug-likeness (QED) is 0.814. The van der Waals surface area contributed by atoms with Gasteiger partial charge >= 0.3 is 0 Å². The van der Waals surface area contributed by atoms with E-state index in [1.54, 1.807) is 11.0 Å². The number of carbonyl (C=O) groups is 1.